The predicted molar refractivity (Wildman–Crippen MR) is 104 cm³/mol. The van der Waals surface area contributed by atoms with E-state index in [4.69, 9.17) is 9.47 Å². The number of aromatic nitrogens is 3. The Balaban J connectivity index is 1.43. The molecule has 0 saturated heterocycles. The fourth-order valence-electron chi connectivity index (χ4n) is 4.44. The van der Waals surface area contributed by atoms with Crippen LogP contribution in [0.5, 0.6) is 11.6 Å². The Kier molecular flexibility index (Phi) is 5.28. The van der Waals surface area contributed by atoms with E-state index in [1.165, 1.54) is 37.7 Å². The minimum absolute atomic E-state index is 0.456. The van der Waals surface area contributed by atoms with Crippen LogP contribution in [0, 0.1) is 18.8 Å². The summed E-state index contributed by atoms with van der Waals surface area (Å²) < 4.78 is 11.5. The van der Waals surface area contributed by atoms with Gasteiger partial charge in [-0.2, -0.15) is 4.98 Å². The van der Waals surface area contributed by atoms with E-state index in [0.29, 0.717) is 30.3 Å². The van der Waals surface area contributed by atoms with Gasteiger partial charge in [-0.3, -0.25) is 4.98 Å². The van der Waals surface area contributed by atoms with Crippen molar-refractivity contribution in [3.05, 3.63) is 41.6 Å². The van der Waals surface area contributed by atoms with Gasteiger partial charge in [0.15, 0.2) is 0 Å². The van der Waals surface area contributed by atoms with Crippen molar-refractivity contribution >= 4 is 0 Å². The van der Waals surface area contributed by atoms with Gasteiger partial charge in [0.2, 0.25) is 5.88 Å². The van der Waals surface area contributed by atoms with E-state index in [9.17, 15) is 0 Å². The Morgan fingerprint density at radius 3 is 2.59 bits per heavy atom. The zero-order chi connectivity index (χ0) is 18.8. The van der Waals surface area contributed by atoms with E-state index >= 15 is 0 Å². The first-order valence-electron chi connectivity index (χ1n) is 10.1. The first-order chi connectivity index (χ1) is 13.2. The number of nitrogens with zero attached hydrogens (tertiary/aromatic N) is 3. The average Bonchev–Trinajstić information content (AvgIpc) is 3.36. The van der Waals surface area contributed by atoms with Crippen molar-refractivity contribution in [2.24, 2.45) is 11.8 Å². The molecule has 2 aromatic rings. The van der Waals surface area contributed by atoms with Crippen molar-refractivity contribution in [3.63, 3.8) is 0 Å². The zero-order valence-corrected chi connectivity index (χ0v) is 16.5. The lowest BCUT2D eigenvalue weighted by Gasteiger charge is -2.23. The topological polar surface area (TPSA) is 57.1 Å². The molecule has 2 saturated carbocycles. The van der Waals surface area contributed by atoms with Crippen molar-refractivity contribution in [2.75, 3.05) is 13.7 Å². The molecule has 2 heterocycles. The molecule has 27 heavy (non-hydrogen) atoms. The van der Waals surface area contributed by atoms with Crippen LogP contribution in [0.25, 0.3) is 0 Å². The molecule has 4 rings (SSSR count). The fraction of sp³-hybridized carbons (Fsp3) is 0.591. The Labute approximate surface area is 161 Å². The molecule has 2 aliphatic rings. The second kappa shape index (κ2) is 7.83. The molecule has 0 aromatic carbocycles. The number of pyridine rings is 1. The Morgan fingerprint density at radius 1 is 1.07 bits per heavy atom. The number of hydrogen-bond donors (Lipinski definition) is 0. The first-order valence-corrected chi connectivity index (χ1v) is 10.1. The van der Waals surface area contributed by atoms with Crippen molar-refractivity contribution in [1.82, 2.24) is 15.0 Å². The lowest BCUT2D eigenvalue weighted by atomic mass is 9.85. The summed E-state index contributed by atoms with van der Waals surface area (Å²) in [7, 11) is 1.67. The molecule has 0 amide bonds. The van der Waals surface area contributed by atoms with Gasteiger partial charge >= 0.3 is 0 Å². The maximum atomic E-state index is 6.26. The highest BCUT2D eigenvalue weighted by Crippen LogP contribution is 2.53. The van der Waals surface area contributed by atoms with Crippen LogP contribution in [-0.4, -0.2) is 28.7 Å². The molecule has 0 bridgehead atoms. The van der Waals surface area contributed by atoms with Crippen LogP contribution in [0.15, 0.2) is 24.5 Å². The van der Waals surface area contributed by atoms with E-state index in [-0.39, 0.29) is 0 Å². The Hall–Kier alpha value is -2.17. The highest BCUT2D eigenvalue weighted by molar-refractivity contribution is 5.30. The Morgan fingerprint density at radius 2 is 1.89 bits per heavy atom. The SMILES string of the molecule is COc1ccc(C2C(C)C2COc2nc(C)ncc2C2CCCCC2)nc1. The van der Waals surface area contributed by atoms with Gasteiger partial charge in [0.25, 0.3) is 0 Å². The molecule has 0 radical (unpaired) electrons. The van der Waals surface area contributed by atoms with Gasteiger partial charge in [-0.1, -0.05) is 26.2 Å². The standard InChI is InChI=1S/C22H29N3O2/c1-14-19(21(14)20-10-9-17(26-3)11-24-20)13-27-22-18(12-23-15(2)25-22)16-7-5-4-6-8-16/h9-12,14,16,19,21H,4-8,13H2,1-3H3. The summed E-state index contributed by atoms with van der Waals surface area (Å²) in [5.74, 6) is 4.44. The number of rotatable bonds is 6. The van der Waals surface area contributed by atoms with Crippen LogP contribution in [-0.2, 0) is 0 Å². The molecular weight excluding hydrogens is 338 g/mol. The zero-order valence-electron chi connectivity index (χ0n) is 16.5. The van der Waals surface area contributed by atoms with Gasteiger partial charge < -0.3 is 9.47 Å². The van der Waals surface area contributed by atoms with Gasteiger partial charge in [-0.25, -0.2) is 4.98 Å². The van der Waals surface area contributed by atoms with Gasteiger partial charge in [-0.05, 0) is 43.7 Å². The van der Waals surface area contributed by atoms with Gasteiger partial charge in [0.1, 0.15) is 11.6 Å². The number of ether oxygens (including phenoxy) is 2. The number of hydrogen-bond acceptors (Lipinski definition) is 5. The first kappa shape index (κ1) is 18.2. The summed E-state index contributed by atoms with van der Waals surface area (Å²) in [5, 5.41) is 0. The fourth-order valence-corrected chi connectivity index (χ4v) is 4.44. The number of methoxy groups -OCH3 is 1. The maximum Gasteiger partial charge on any atom is 0.220 e. The van der Waals surface area contributed by atoms with E-state index in [2.05, 4.69) is 27.9 Å². The van der Waals surface area contributed by atoms with Gasteiger partial charge in [0, 0.05) is 29.3 Å². The molecular formula is C22H29N3O2. The average molecular weight is 367 g/mol. The second-order valence-corrected chi connectivity index (χ2v) is 8.00. The summed E-state index contributed by atoms with van der Waals surface area (Å²) in [6.07, 6.45) is 10.2. The Bertz CT molecular complexity index is 772. The molecule has 144 valence electrons. The highest BCUT2D eigenvalue weighted by atomic mass is 16.5. The molecule has 0 N–H and O–H groups in total. The van der Waals surface area contributed by atoms with E-state index < -0.39 is 0 Å². The van der Waals surface area contributed by atoms with Crippen LogP contribution < -0.4 is 9.47 Å². The molecule has 2 aromatic heterocycles. The summed E-state index contributed by atoms with van der Waals surface area (Å²) in [4.78, 5) is 13.6. The normalized spacial score (nSPS) is 25.2. The minimum Gasteiger partial charge on any atom is -0.495 e. The van der Waals surface area contributed by atoms with Crippen LogP contribution in [0.3, 0.4) is 0 Å². The van der Waals surface area contributed by atoms with Crippen molar-refractivity contribution < 1.29 is 9.47 Å². The van der Waals surface area contributed by atoms with Gasteiger partial charge in [0.05, 0.1) is 19.9 Å². The van der Waals surface area contributed by atoms with Crippen LogP contribution in [0.2, 0.25) is 0 Å². The molecule has 3 atom stereocenters. The molecule has 2 fully saturated rings. The van der Waals surface area contributed by atoms with Crippen molar-refractivity contribution in [2.45, 2.75) is 57.8 Å². The number of aryl methyl sites for hydroxylation is 1. The van der Waals surface area contributed by atoms with E-state index in [0.717, 1.165) is 23.1 Å². The largest absolute Gasteiger partial charge is 0.495 e. The van der Waals surface area contributed by atoms with Crippen molar-refractivity contribution in [1.29, 1.82) is 0 Å². The molecule has 3 unspecified atom stereocenters. The lowest BCUT2D eigenvalue weighted by Crippen LogP contribution is -2.12. The minimum atomic E-state index is 0.456. The molecule has 0 aliphatic heterocycles. The second-order valence-electron chi connectivity index (χ2n) is 8.00. The third kappa shape index (κ3) is 3.92. The summed E-state index contributed by atoms with van der Waals surface area (Å²) in [6, 6.07) is 4.06. The van der Waals surface area contributed by atoms with Crippen LogP contribution in [0.4, 0.5) is 0 Å². The lowest BCUT2D eigenvalue weighted by molar-refractivity contribution is 0.271. The van der Waals surface area contributed by atoms with Gasteiger partial charge in [-0.15, -0.1) is 0 Å². The van der Waals surface area contributed by atoms with Crippen molar-refractivity contribution in [3.8, 4) is 11.6 Å². The van der Waals surface area contributed by atoms with E-state index in [1.807, 2.05) is 19.2 Å². The molecule has 0 spiro atoms. The predicted octanol–water partition coefficient (Wildman–Crippen LogP) is 4.66. The van der Waals surface area contributed by atoms with E-state index in [1.54, 1.807) is 13.3 Å². The van der Waals surface area contributed by atoms with Crippen LogP contribution in [0.1, 0.15) is 67.9 Å². The third-order valence-corrected chi connectivity index (χ3v) is 6.26. The highest BCUT2D eigenvalue weighted by Gasteiger charge is 2.49. The monoisotopic (exact) mass is 367 g/mol. The summed E-state index contributed by atoms with van der Waals surface area (Å²) in [5.41, 5.74) is 2.33. The maximum absolute atomic E-state index is 6.26. The molecule has 2 aliphatic carbocycles. The molecule has 5 heteroatoms. The molecule has 5 nitrogen and oxygen atoms in total. The van der Waals surface area contributed by atoms with Crippen LogP contribution >= 0.6 is 0 Å². The third-order valence-electron chi connectivity index (χ3n) is 6.26. The quantitative estimate of drug-likeness (QED) is 0.743. The smallest absolute Gasteiger partial charge is 0.220 e. The summed E-state index contributed by atoms with van der Waals surface area (Å²) >= 11 is 0. The summed E-state index contributed by atoms with van der Waals surface area (Å²) in [6.45, 7) is 4.90.